The first-order valence-electron chi connectivity index (χ1n) is 5.64. The molecule has 0 spiro atoms. The van der Waals surface area contributed by atoms with E-state index in [4.69, 9.17) is 5.11 Å². The molecule has 1 atom stereocenters. The Labute approximate surface area is 115 Å². The van der Waals surface area contributed by atoms with Crippen molar-refractivity contribution >= 4 is 23.7 Å². The second-order valence-electron chi connectivity index (χ2n) is 3.89. The summed E-state index contributed by atoms with van der Waals surface area (Å²) in [5.41, 5.74) is 1.14. The average Bonchev–Trinajstić information content (AvgIpc) is 2.43. The van der Waals surface area contributed by atoms with Gasteiger partial charge in [-0.15, -0.1) is 11.8 Å². The number of ether oxygens (including phenoxy) is 1. The van der Waals surface area contributed by atoms with Crippen LogP contribution >= 0.6 is 11.8 Å². The van der Waals surface area contributed by atoms with Crippen molar-refractivity contribution < 1.29 is 24.5 Å². The molecule has 0 radical (unpaired) electrons. The predicted octanol–water partition coefficient (Wildman–Crippen LogP) is 1.63. The number of hydrogen-bond acceptors (Lipinski definition) is 5. The second-order valence-corrected chi connectivity index (χ2v) is 4.74. The van der Waals surface area contributed by atoms with Gasteiger partial charge in [-0.1, -0.05) is 12.1 Å². The fraction of sp³-hybridized carbons (Fsp3) is 0.385. The molecule has 1 unspecified atom stereocenters. The minimum Gasteiger partial charge on any atom is -0.479 e. The molecular weight excluding hydrogens is 268 g/mol. The van der Waals surface area contributed by atoms with Crippen LogP contribution in [0.5, 0.6) is 0 Å². The van der Waals surface area contributed by atoms with Gasteiger partial charge in [0, 0.05) is 16.9 Å². The van der Waals surface area contributed by atoms with Gasteiger partial charge in [-0.25, -0.2) is 4.79 Å². The molecule has 0 saturated heterocycles. The smallest absolute Gasteiger partial charge is 0.337 e. The summed E-state index contributed by atoms with van der Waals surface area (Å²) in [5, 5.41) is 18.5. The molecule has 0 aliphatic rings. The van der Waals surface area contributed by atoms with Crippen molar-refractivity contribution in [1.29, 1.82) is 0 Å². The van der Waals surface area contributed by atoms with Crippen molar-refractivity contribution in [2.24, 2.45) is 0 Å². The first-order chi connectivity index (χ1) is 8.99. The molecule has 0 amide bonds. The first-order valence-corrected chi connectivity index (χ1v) is 6.86. The van der Waals surface area contributed by atoms with E-state index in [1.54, 1.807) is 12.1 Å². The number of aliphatic hydroxyl groups excluding tert-OH is 1. The molecule has 1 aromatic carbocycles. The monoisotopic (exact) mass is 284 g/mol. The van der Waals surface area contributed by atoms with E-state index in [0.717, 1.165) is 5.56 Å². The summed E-state index contributed by atoms with van der Waals surface area (Å²) in [5.74, 6) is -1.62. The number of aliphatic carboxylic acids is 1. The number of thioether (sulfide) groups is 1. The molecule has 2 N–H and O–H groups in total. The molecule has 0 bridgehead atoms. The largest absolute Gasteiger partial charge is 0.479 e. The summed E-state index contributed by atoms with van der Waals surface area (Å²) in [6.45, 7) is 0. The van der Waals surface area contributed by atoms with E-state index in [9.17, 15) is 14.7 Å². The molecule has 0 heterocycles. The highest BCUT2D eigenvalue weighted by atomic mass is 32.2. The van der Waals surface area contributed by atoms with E-state index >= 15 is 0 Å². The molecule has 5 nitrogen and oxygen atoms in total. The number of methoxy groups -OCH3 is 1. The van der Waals surface area contributed by atoms with Crippen molar-refractivity contribution in [3.05, 3.63) is 29.3 Å². The summed E-state index contributed by atoms with van der Waals surface area (Å²) in [7, 11) is 1.32. The zero-order valence-electron chi connectivity index (χ0n) is 10.8. The van der Waals surface area contributed by atoms with Crippen LogP contribution in [0.1, 0.15) is 23.7 Å². The van der Waals surface area contributed by atoms with Gasteiger partial charge in [0.2, 0.25) is 0 Å². The minimum atomic E-state index is -1.56. The predicted molar refractivity (Wildman–Crippen MR) is 71.2 cm³/mol. The highest BCUT2D eigenvalue weighted by Gasteiger charge is 2.19. The van der Waals surface area contributed by atoms with E-state index in [-0.39, 0.29) is 12.4 Å². The van der Waals surface area contributed by atoms with Gasteiger partial charge in [0.05, 0.1) is 7.11 Å². The van der Waals surface area contributed by atoms with Gasteiger partial charge in [0.15, 0.2) is 6.10 Å². The molecule has 6 heteroatoms. The van der Waals surface area contributed by atoms with Gasteiger partial charge >= 0.3 is 11.9 Å². The SMILES string of the molecule is COC(=O)CCc1ccc(SC)c(C(O)C(=O)O)c1. The van der Waals surface area contributed by atoms with Crippen LogP contribution in [0.3, 0.4) is 0 Å². The van der Waals surface area contributed by atoms with Crippen molar-refractivity contribution in [1.82, 2.24) is 0 Å². The Balaban J connectivity index is 2.95. The fourth-order valence-electron chi connectivity index (χ4n) is 1.63. The lowest BCUT2D eigenvalue weighted by Crippen LogP contribution is -2.12. The fourth-order valence-corrected chi connectivity index (χ4v) is 2.24. The number of rotatable bonds is 6. The van der Waals surface area contributed by atoms with Crippen LogP contribution in [0.25, 0.3) is 0 Å². The van der Waals surface area contributed by atoms with E-state index in [2.05, 4.69) is 4.74 Å². The zero-order valence-corrected chi connectivity index (χ0v) is 11.6. The van der Waals surface area contributed by atoms with E-state index in [1.807, 2.05) is 12.3 Å². The number of carbonyl (C=O) groups excluding carboxylic acids is 1. The second kappa shape index (κ2) is 7.16. The van der Waals surface area contributed by atoms with Crippen LogP contribution < -0.4 is 0 Å². The third-order valence-corrected chi connectivity index (χ3v) is 3.48. The molecule has 1 aromatic rings. The molecule has 1 rings (SSSR count). The maximum absolute atomic E-state index is 11.1. The van der Waals surface area contributed by atoms with Gasteiger partial charge in [-0.05, 0) is 24.3 Å². The molecular formula is C13H16O5S. The highest BCUT2D eigenvalue weighted by Crippen LogP contribution is 2.27. The third kappa shape index (κ3) is 4.25. The summed E-state index contributed by atoms with van der Waals surface area (Å²) in [6.07, 6.45) is 0.917. The first kappa shape index (κ1) is 15.5. The summed E-state index contributed by atoms with van der Waals surface area (Å²) in [6, 6.07) is 5.18. The van der Waals surface area contributed by atoms with Gasteiger partial charge in [0.25, 0.3) is 0 Å². The number of hydrogen-bond donors (Lipinski definition) is 2. The normalized spacial score (nSPS) is 11.9. The van der Waals surface area contributed by atoms with Crippen molar-refractivity contribution in [2.75, 3.05) is 13.4 Å². The molecule has 0 fully saturated rings. The average molecular weight is 284 g/mol. The lowest BCUT2D eigenvalue weighted by atomic mass is 10.0. The van der Waals surface area contributed by atoms with Gasteiger partial charge in [0.1, 0.15) is 0 Å². The van der Waals surface area contributed by atoms with E-state index < -0.39 is 12.1 Å². The van der Waals surface area contributed by atoms with E-state index in [1.165, 1.54) is 18.9 Å². The number of carboxylic acids is 1. The number of aliphatic hydroxyl groups is 1. The lowest BCUT2D eigenvalue weighted by molar-refractivity contribution is -0.147. The standard InChI is InChI=1S/C13H16O5S/c1-18-11(14)6-4-8-3-5-10(19-2)9(7-8)12(15)13(16)17/h3,5,7,12,15H,4,6H2,1-2H3,(H,16,17). The third-order valence-electron chi connectivity index (χ3n) is 2.67. The molecule has 0 aliphatic carbocycles. The maximum atomic E-state index is 11.1. The van der Waals surface area contributed by atoms with Crippen LogP contribution in [0, 0.1) is 0 Å². The van der Waals surface area contributed by atoms with Crippen LogP contribution in [0.15, 0.2) is 23.1 Å². The number of benzene rings is 1. The van der Waals surface area contributed by atoms with Crippen molar-refractivity contribution in [3.8, 4) is 0 Å². The Morgan fingerprint density at radius 3 is 2.63 bits per heavy atom. The van der Waals surface area contributed by atoms with Crippen LogP contribution in [0.4, 0.5) is 0 Å². The molecule has 0 aromatic heterocycles. The molecule has 0 saturated carbocycles. The lowest BCUT2D eigenvalue weighted by Gasteiger charge is -2.12. The van der Waals surface area contributed by atoms with Crippen LogP contribution in [-0.2, 0) is 20.7 Å². The Morgan fingerprint density at radius 1 is 1.42 bits per heavy atom. The Morgan fingerprint density at radius 2 is 2.11 bits per heavy atom. The number of carbonyl (C=O) groups is 2. The number of carboxylic acid groups (broad SMARTS) is 1. The molecule has 0 aliphatic heterocycles. The Hall–Kier alpha value is -1.53. The summed E-state index contributed by atoms with van der Waals surface area (Å²) >= 11 is 1.36. The summed E-state index contributed by atoms with van der Waals surface area (Å²) in [4.78, 5) is 22.6. The van der Waals surface area contributed by atoms with E-state index in [0.29, 0.717) is 16.9 Å². The molecule has 104 valence electrons. The topological polar surface area (TPSA) is 83.8 Å². The summed E-state index contributed by atoms with van der Waals surface area (Å²) < 4.78 is 4.55. The maximum Gasteiger partial charge on any atom is 0.337 e. The number of aryl methyl sites for hydroxylation is 1. The highest BCUT2D eigenvalue weighted by molar-refractivity contribution is 7.98. The van der Waals surface area contributed by atoms with Gasteiger partial charge in [-0.2, -0.15) is 0 Å². The Kier molecular flexibility index (Phi) is 5.85. The quantitative estimate of drug-likeness (QED) is 0.610. The molecule has 19 heavy (non-hydrogen) atoms. The van der Waals surface area contributed by atoms with Crippen molar-refractivity contribution in [3.63, 3.8) is 0 Å². The van der Waals surface area contributed by atoms with Crippen LogP contribution in [0.2, 0.25) is 0 Å². The van der Waals surface area contributed by atoms with Gasteiger partial charge < -0.3 is 14.9 Å². The zero-order chi connectivity index (χ0) is 14.4. The van der Waals surface area contributed by atoms with Gasteiger partial charge in [-0.3, -0.25) is 4.79 Å². The number of esters is 1. The Bertz CT molecular complexity index is 472. The van der Waals surface area contributed by atoms with Crippen LogP contribution in [-0.4, -0.2) is 35.5 Å². The van der Waals surface area contributed by atoms with Crippen molar-refractivity contribution in [2.45, 2.75) is 23.8 Å². The minimum absolute atomic E-state index is 0.220.